The van der Waals surface area contributed by atoms with Crippen molar-refractivity contribution in [1.82, 2.24) is 5.32 Å². The first-order valence-electron chi connectivity index (χ1n) is 7.73. The Bertz CT molecular complexity index is 791. The second-order valence-corrected chi connectivity index (χ2v) is 6.39. The Morgan fingerprint density at radius 3 is 2.62 bits per heavy atom. The van der Waals surface area contributed by atoms with Crippen LogP contribution in [0.3, 0.4) is 0 Å². The van der Waals surface area contributed by atoms with E-state index in [9.17, 15) is 18.8 Å². The van der Waals surface area contributed by atoms with Crippen LogP contribution >= 0.6 is 11.3 Å². The number of methoxy groups -OCH3 is 1. The van der Waals surface area contributed by atoms with E-state index in [-0.39, 0.29) is 23.6 Å². The van der Waals surface area contributed by atoms with Gasteiger partial charge in [0.05, 0.1) is 19.6 Å². The molecule has 0 fully saturated rings. The third-order valence-electron chi connectivity index (χ3n) is 3.47. The Morgan fingerprint density at radius 1 is 1.27 bits per heavy atom. The van der Waals surface area contributed by atoms with E-state index in [1.807, 2.05) is 11.4 Å². The van der Waals surface area contributed by atoms with Crippen LogP contribution in [0.2, 0.25) is 0 Å². The lowest BCUT2D eigenvalue weighted by atomic mass is 10.1. The van der Waals surface area contributed by atoms with Gasteiger partial charge in [0.2, 0.25) is 5.91 Å². The average molecular weight is 379 g/mol. The predicted molar refractivity (Wildman–Crippen MR) is 93.7 cm³/mol. The van der Waals surface area contributed by atoms with Crippen LogP contribution in [0.5, 0.6) is 5.75 Å². The van der Waals surface area contributed by atoms with Crippen molar-refractivity contribution in [1.29, 1.82) is 0 Å². The van der Waals surface area contributed by atoms with Crippen molar-refractivity contribution in [3.63, 3.8) is 0 Å². The van der Waals surface area contributed by atoms with Gasteiger partial charge in [0.15, 0.2) is 24.0 Å². The molecule has 0 aliphatic rings. The lowest BCUT2D eigenvalue weighted by molar-refractivity contribution is -0.143. The first-order chi connectivity index (χ1) is 12.4. The van der Waals surface area contributed by atoms with E-state index in [2.05, 4.69) is 5.32 Å². The predicted octanol–water partition coefficient (Wildman–Crippen LogP) is 2.89. The maximum absolute atomic E-state index is 13.6. The zero-order valence-electron chi connectivity index (χ0n) is 14.3. The second-order valence-electron chi connectivity index (χ2n) is 5.41. The third kappa shape index (κ3) is 5.38. The van der Waals surface area contributed by atoms with Gasteiger partial charge in [0, 0.05) is 17.4 Å². The summed E-state index contributed by atoms with van der Waals surface area (Å²) < 4.78 is 23.4. The summed E-state index contributed by atoms with van der Waals surface area (Å²) in [6.07, 6.45) is -0.107. The Morgan fingerprint density at radius 2 is 2.04 bits per heavy atom. The van der Waals surface area contributed by atoms with Crippen LogP contribution in [0.4, 0.5) is 4.39 Å². The molecule has 0 bridgehead atoms. The van der Waals surface area contributed by atoms with Crippen LogP contribution in [0.25, 0.3) is 0 Å². The molecule has 1 aromatic carbocycles. The largest absolute Gasteiger partial charge is 0.494 e. The molecule has 0 saturated heterocycles. The first-order valence-corrected chi connectivity index (χ1v) is 8.61. The summed E-state index contributed by atoms with van der Waals surface area (Å²) in [4.78, 5) is 36.2. The molecule has 26 heavy (non-hydrogen) atoms. The van der Waals surface area contributed by atoms with E-state index in [1.165, 1.54) is 37.5 Å². The molecule has 0 aliphatic carbocycles. The number of carbonyl (C=O) groups is 3. The summed E-state index contributed by atoms with van der Waals surface area (Å²) in [5, 5.41) is 4.51. The molecule has 1 heterocycles. The normalized spacial score (nSPS) is 11.5. The minimum absolute atomic E-state index is 0.0210. The van der Waals surface area contributed by atoms with Gasteiger partial charge >= 0.3 is 5.97 Å². The van der Waals surface area contributed by atoms with Crippen molar-refractivity contribution >= 4 is 29.0 Å². The van der Waals surface area contributed by atoms with Crippen molar-refractivity contribution < 1.29 is 28.2 Å². The van der Waals surface area contributed by atoms with E-state index in [1.54, 1.807) is 6.07 Å². The Balaban J connectivity index is 1.93. The fraction of sp³-hybridized carbons (Fsp3) is 0.278. The molecule has 2 aromatic rings. The molecule has 6 nitrogen and oxygen atoms in total. The smallest absolute Gasteiger partial charge is 0.308 e. The zero-order valence-corrected chi connectivity index (χ0v) is 15.1. The summed E-state index contributed by atoms with van der Waals surface area (Å²) in [7, 11) is 1.32. The number of halogens is 1. The molecule has 1 N–H and O–H groups in total. The molecule has 0 spiro atoms. The quantitative estimate of drug-likeness (QED) is 0.563. The second kappa shape index (κ2) is 9.10. The van der Waals surface area contributed by atoms with Crippen molar-refractivity contribution in [2.24, 2.45) is 0 Å². The van der Waals surface area contributed by atoms with Crippen molar-refractivity contribution in [2.75, 3.05) is 13.7 Å². The monoisotopic (exact) mass is 379 g/mol. The molecule has 1 aromatic heterocycles. The number of hydrogen-bond acceptors (Lipinski definition) is 6. The molecule has 1 amide bonds. The van der Waals surface area contributed by atoms with Gasteiger partial charge in [-0.2, -0.15) is 0 Å². The maximum atomic E-state index is 13.6. The number of rotatable bonds is 8. The average Bonchev–Trinajstić information content (AvgIpc) is 3.13. The summed E-state index contributed by atoms with van der Waals surface area (Å²) >= 11 is 1.40. The molecule has 0 saturated carbocycles. The number of ether oxygens (including phenoxy) is 2. The standard InChI is InChI=1S/C18H18FNO5S/c1-11(21)20-14(17-4-3-7-26-17)9-18(23)25-10-15(22)12-5-6-16(24-2)13(19)8-12/h3-8,14H,9-10H2,1-2H3,(H,20,21). The number of esters is 1. The van der Waals surface area contributed by atoms with E-state index >= 15 is 0 Å². The molecule has 0 aliphatic heterocycles. The summed E-state index contributed by atoms with van der Waals surface area (Å²) in [5.41, 5.74) is 0.0766. The number of thiophene rings is 1. The topological polar surface area (TPSA) is 81.7 Å². The number of amides is 1. The number of ketones is 1. The van der Waals surface area contributed by atoms with E-state index in [0.717, 1.165) is 10.9 Å². The lowest BCUT2D eigenvalue weighted by Gasteiger charge is -2.15. The molecule has 8 heteroatoms. The highest BCUT2D eigenvalue weighted by atomic mass is 32.1. The van der Waals surface area contributed by atoms with Crippen LogP contribution in [0, 0.1) is 5.82 Å². The fourth-order valence-corrected chi connectivity index (χ4v) is 3.03. The van der Waals surface area contributed by atoms with E-state index in [0.29, 0.717) is 0 Å². The highest BCUT2D eigenvalue weighted by Crippen LogP contribution is 2.23. The van der Waals surface area contributed by atoms with Gasteiger partial charge in [-0.1, -0.05) is 6.07 Å². The summed E-state index contributed by atoms with van der Waals surface area (Å²) in [6, 6.07) is 6.83. The molecule has 1 unspecified atom stereocenters. The minimum Gasteiger partial charge on any atom is -0.494 e. The maximum Gasteiger partial charge on any atom is 0.308 e. The minimum atomic E-state index is -0.673. The lowest BCUT2D eigenvalue weighted by Crippen LogP contribution is -2.28. The van der Waals surface area contributed by atoms with Crippen molar-refractivity contribution in [2.45, 2.75) is 19.4 Å². The molecule has 1 atom stereocenters. The fourth-order valence-electron chi connectivity index (χ4n) is 2.25. The van der Waals surface area contributed by atoms with Crippen LogP contribution in [0.1, 0.15) is 34.6 Å². The number of hydrogen-bond donors (Lipinski definition) is 1. The van der Waals surface area contributed by atoms with Crippen LogP contribution < -0.4 is 10.1 Å². The van der Waals surface area contributed by atoms with Gasteiger partial charge in [0.25, 0.3) is 0 Å². The van der Waals surface area contributed by atoms with Gasteiger partial charge in [-0.15, -0.1) is 11.3 Å². The Hall–Kier alpha value is -2.74. The molecule has 138 valence electrons. The highest BCUT2D eigenvalue weighted by Gasteiger charge is 2.20. The van der Waals surface area contributed by atoms with Gasteiger partial charge in [-0.25, -0.2) is 4.39 Å². The number of Topliss-reactive ketones (excluding diaryl/α,β-unsaturated/α-hetero) is 1. The zero-order chi connectivity index (χ0) is 19.1. The molecular formula is C18H18FNO5S. The van der Waals surface area contributed by atoms with E-state index in [4.69, 9.17) is 9.47 Å². The van der Waals surface area contributed by atoms with Crippen LogP contribution in [0.15, 0.2) is 35.7 Å². The van der Waals surface area contributed by atoms with Crippen molar-refractivity contribution in [3.05, 3.63) is 52.0 Å². The van der Waals surface area contributed by atoms with Gasteiger partial charge in [-0.05, 0) is 29.6 Å². The Labute approximate surface area is 153 Å². The molecular weight excluding hydrogens is 361 g/mol. The SMILES string of the molecule is COc1ccc(C(=O)COC(=O)CC(NC(C)=O)c2cccs2)cc1F. The number of benzene rings is 1. The van der Waals surface area contributed by atoms with Crippen LogP contribution in [-0.2, 0) is 14.3 Å². The van der Waals surface area contributed by atoms with Crippen molar-refractivity contribution in [3.8, 4) is 5.75 Å². The summed E-state index contributed by atoms with van der Waals surface area (Å²) in [6.45, 7) is 0.843. The van der Waals surface area contributed by atoms with Gasteiger partial charge < -0.3 is 14.8 Å². The van der Waals surface area contributed by atoms with Crippen LogP contribution in [-0.4, -0.2) is 31.4 Å². The molecule has 2 rings (SSSR count). The highest BCUT2D eigenvalue weighted by molar-refractivity contribution is 7.10. The van der Waals surface area contributed by atoms with E-state index < -0.39 is 30.2 Å². The Kier molecular flexibility index (Phi) is 6.85. The number of nitrogens with one attached hydrogen (secondary N) is 1. The molecule has 0 radical (unpaired) electrons. The van der Waals surface area contributed by atoms with Gasteiger partial charge in [0.1, 0.15) is 0 Å². The number of carbonyl (C=O) groups excluding carboxylic acids is 3. The first kappa shape index (κ1) is 19.6. The van der Waals surface area contributed by atoms with Gasteiger partial charge in [-0.3, -0.25) is 14.4 Å². The summed E-state index contributed by atoms with van der Waals surface area (Å²) in [5.74, 6) is -2.10. The third-order valence-corrected chi connectivity index (χ3v) is 4.46.